The van der Waals surface area contributed by atoms with Gasteiger partial charge in [0.2, 0.25) is 5.75 Å². The molecule has 0 radical (unpaired) electrons. The fraction of sp³-hybridized carbons (Fsp3) is 0.217. The van der Waals surface area contributed by atoms with Gasteiger partial charge in [-0.05, 0) is 17.7 Å². The molecule has 0 heterocycles. The van der Waals surface area contributed by atoms with Gasteiger partial charge < -0.3 is 23.1 Å². The summed E-state index contributed by atoms with van der Waals surface area (Å²) in [5, 5.41) is 0. The van der Waals surface area contributed by atoms with Gasteiger partial charge in [0.05, 0.1) is 39.1 Å². The zero-order valence-electron chi connectivity index (χ0n) is 17.5. The van der Waals surface area contributed by atoms with Crippen LogP contribution >= 0.6 is 12.0 Å². The molecule has 2 aromatic rings. The van der Waals surface area contributed by atoms with Crippen molar-refractivity contribution in [2.24, 2.45) is 0 Å². The normalized spacial score (nSPS) is 10.8. The van der Waals surface area contributed by atoms with E-state index in [-0.39, 0.29) is 6.61 Å². The summed E-state index contributed by atoms with van der Waals surface area (Å²) in [5.74, 6) is 0.483. The number of methoxy groups -OCH3 is 3. The first-order valence-electron chi connectivity index (χ1n) is 9.26. The van der Waals surface area contributed by atoms with Crippen molar-refractivity contribution in [2.75, 3.05) is 27.9 Å². The molecule has 0 amide bonds. The van der Waals surface area contributed by atoms with Crippen LogP contribution in [0.2, 0.25) is 0 Å². The summed E-state index contributed by atoms with van der Waals surface area (Å²) in [7, 11) is 4.56. The molecule has 0 unspecified atom stereocenters. The number of esters is 1. The molecule has 0 atom stereocenters. The second-order valence-electron chi connectivity index (χ2n) is 5.93. The standard InChI is InChI=1S/C23H24O7S/c1-26-19-12-11-18(22(27-2)23(19)28-3)16-31-30-21(25)14-13-20(24)29-15-7-10-17-8-5-4-6-9-17/h4-14H,15-16H2,1-3H3/b10-7?,14-13+. The predicted molar refractivity (Wildman–Crippen MR) is 119 cm³/mol. The number of hydrogen-bond donors (Lipinski definition) is 0. The lowest BCUT2D eigenvalue weighted by molar-refractivity contribution is -0.137. The first-order valence-corrected chi connectivity index (χ1v) is 10.2. The van der Waals surface area contributed by atoms with E-state index < -0.39 is 11.9 Å². The van der Waals surface area contributed by atoms with Crippen molar-refractivity contribution in [3.05, 3.63) is 71.8 Å². The van der Waals surface area contributed by atoms with Crippen LogP contribution in [0, 0.1) is 0 Å². The Kier molecular flexibility index (Phi) is 10.0. The molecule has 2 rings (SSSR count). The van der Waals surface area contributed by atoms with Crippen LogP contribution in [-0.2, 0) is 24.3 Å². The number of hydrogen-bond acceptors (Lipinski definition) is 8. The monoisotopic (exact) mass is 444 g/mol. The van der Waals surface area contributed by atoms with Crippen molar-refractivity contribution in [2.45, 2.75) is 5.75 Å². The van der Waals surface area contributed by atoms with Gasteiger partial charge in [-0.2, -0.15) is 0 Å². The third kappa shape index (κ3) is 7.75. The SMILES string of the molecule is COc1ccc(CSOC(=O)/C=C/C(=O)OCC=Cc2ccccc2)c(OC)c1OC. The van der Waals surface area contributed by atoms with Gasteiger partial charge in [0.15, 0.2) is 11.5 Å². The fourth-order valence-electron chi connectivity index (χ4n) is 2.52. The molecule has 31 heavy (non-hydrogen) atoms. The van der Waals surface area contributed by atoms with Gasteiger partial charge in [0.25, 0.3) is 0 Å². The van der Waals surface area contributed by atoms with Crippen molar-refractivity contribution in [1.82, 2.24) is 0 Å². The molecule has 0 bridgehead atoms. The van der Waals surface area contributed by atoms with E-state index in [1.165, 1.54) is 21.3 Å². The highest BCUT2D eigenvalue weighted by Crippen LogP contribution is 2.41. The Bertz CT molecular complexity index is 923. The highest BCUT2D eigenvalue weighted by atomic mass is 32.2. The average molecular weight is 445 g/mol. The minimum Gasteiger partial charge on any atom is -0.493 e. The maximum atomic E-state index is 11.8. The molecule has 8 heteroatoms. The summed E-state index contributed by atoms with van der Waals surface area (Å²) in [6.07, 6.45) is 5.59. The fourth-order valence-corrected chi connectivity index (χ4v) is 3.10. The zero-order chi connectivity index (χ0) is 22.5. The number of benzene rings is 2. The number of rotatable bonds is 11. The Morgan fingerprint density at radius 1 is 0.871 bits per heavy atom. The molecule has 0 aliphatic heterocycles. The van der Waals surface area contributed by atoms with Gasteiger partial charge in [-0.25, -0.2) is 9.59 Å². The molecule has 7 nitrogen and oxygen atoms in total. The molecule has 0 fully saturated rings. The van der Waals surface area contributed by atoms with Crippen molar-refractivity contribution in [1.29, 1.82) is 0 Å². The predicted octanol–water partition coefficient (Wildman–Crippen LogP) is 4.22. The van der Waals surface area contributed by atoms with Gasteiger partial charge in [0.1, 0.15) is 6.61 Å². The molecule has 0 N–H and O–H groups in total. The molecular weight excluding hydrogens is 420 g/mol. The Morgan fingerprint density at radius 3 is 2.26 bits per heavy atom. The molecule has 2 aromatic carbocycles. The summed E-state index contributed by atoms with van der Waals surface area (Å²) < 4.78 is 26.0. The minimum absolute atomic E-state index is 0.0982. The lowest BCUT2D eigenvalue weighted by Gasteiger charge is -2.15. The van der Waals surface area contributed by atoms with Gasteiger partial charge in [0, 0.05) is 17.7 Å². The molecule has 0 saturated carbocycles. The van der Waals surface area contributed by atoms with Crippen molar-refractivity contribution >= 4 is 30.1 Å². The van der Waals surface area contributed by atoms with Crippen LogP contribution in [0.5, 0.6) is 17.2 Å². The molecule has 0 aliphatic rings. The maximum absolute atomic E-state index is 11.8. The Labute approximate surface area is 185 Å². The van der Waals surface area contributed by atoms with Crippen molar-refractivity contribution in [3.8, 4) is 17.2 Å². The summed E-state index contributed by atoms with van der Waals surface area (Å²) >= 11 is 0.907. The number of ether oxygens (including phenoxy) is 4. The van der Waals surface area contributed by atoms with Crippen LogP contribution in [0.25, 0.3) is 6.08 Å². The summed E-state index contributed by atoms with van der Waals surface area (Å²) in [6.45, 7) is 0.0982. The van der Waals surface area contributed by atoms with E-state index in [0.29, 0.717) is 23.0 Å². The van der Waals surface area contributed by atoms with Gasteiger partial charge >= 0.3 is 11.9 Å². The molecule has 164 valence electrons. The summed E-state index contributed by atoms with van der Waals surface area (Å²) in [4.78, 5) is 23.5. The lowest BCUT2D eigenvalue weighted by Crippen LogP contribution is -2.02. The third-order valence-corrected chi connectivity index (χ3v) is 4.64. The topological polar surface area (TPSA) is 80.3 Å². The van der Waals surface area contributed by atoms with Crippen LogP contribution in [-0.4, -0.2) is 39.9 Å². The molecule has 0 aliphatic carbocycles. The van der Waals surface area contributed by atoms with Gasteiger partial charge in [-0.1, -0.05) is 42.5 Å². The summed E-state index contributed by atoms with van der Waals surface area (Å²) in [6, 6.07) is 13.1. The Morgan fingerprint density at radius 2 is 1.58 bits per heavy atom. The van der Waals surface area contributed by atoms with E-state index in [1.807, 2.05) is 36.4 Å². The van der Waals surface area contributed by atoms with E-state index in [4.69, 9.17) is 23.1 Å². The van der Waals surface area contributed by atoms with Crippen molar-refractivity contribution in [3.63, 3.8) is 0 Å². The van der Waals surface area contributed by atoms with Crippen LogP contribution in [0.3, 0.4) is 0 Å². The maximum Gasteiger partial charge on any atom is 0.343 e. The highest BCUT2D eigenvalue weighted by Gasteiger charge is 2.16. The summed E-state index contributed by atoms with van der Waals surface area (Å²) in [5.41, 5.74) is 1.76. The van der Waals surface area contributed by atoms with E-state index in [9.17, 15) is 9.59 Å². The van der Waals surface area contributed by atoms with Gasteiger partial charge in [-0.3, -0.25) is 0 Å². The van der Waals surface area contributed by atoms with Crippen LogP contribution in [0.15, 0.2) is 60.7 Å². The lowest BCUT2D eigenvalue weighted by atomic mass is 10.2. The smallest absolute Gasteiger partial charge is 0.343 e. The van der Waals surface area contributed by atoms with Crippen LogP contribution in [0.4, 0.5) is 0 Å². The Hall–Kier alpha value is -3.39. The second-order valence-corrected chi connectivity index (χ2v) is 6.63. The minimum atomic E-state index is -0.679. The molecular formula is C23H24O7S. The van der Waals surface area contributed by atoms with Crippen LogP contribution < -0.4 is 14.2 Å². The number of carbonyl (C=O) groups excluding carboxylic acids is 2. The van der Waals surface area contributed by atoms with Gasteiger partial charge in [-0.15, -0.1) is 0 Å². The third-order valence-electron chi connectivity index (χ3n) is 3.93. The second kappa shape index (κ2) is 13.0. The average Bonchev–Trinajstić information content (AvgIpc) is 2.80. The first kappa shape index (κ1) is 23.9. The first-order chi connectivity index (χ1) is 15.1. The molecule has 0 aromatic heterocycles. The van der Waals surface area contributed by atoms with Crippen LogP contribution in [0.1, 0.15) is 11.1 Å². The quantitative estimate of drug-likeness (QED) is 0.290. The highest BCUT2D eigenvalue weighted by molar-refractivity contribution is 7.94. The van der Waals surface area contributed by atoms with E-state index in [1.54, 1.807) is 18.2 Å². The number of carbonyl (C=O) groups is 2. The van der Waals surface area contributed by atoms with E-state index >= 15 is 0 Å². The van der Waals surface area contributed by atoms with Crippen molar-refractivity contribution < 1.29 is 32.7 Å². The molecule has 0 saturated heterocycles. The van der Waals surface area contributed by atoms with E-state index in [0.717, 1.165) is 35.3 Å². The zero-order valence-corrected chi connectivity index (χ0v) is 18.3. The molecule has 0 spiro atoms. The Balaban J connectivity index is 1.77. The largest absolute Gasteiger partial charge is 0.493 e. The van der Waals surface area contributed by atoms with E-state index in [2.05, 4.69) is 0 Å².